The molecule has 14 heavy (non-hydrogen) atoms. The predicted octanol–water partition coefficient (Wildman–Crippen LogP) is 2.43. The maximum atomic E-state index is 11.7. The zero-order valence-corrected chi connectivity index (χ0v) is 9.41. The van der Waals surface area contributed by atoms with Crippen molar-refractivity contribution in [2.24, 2.45) is 7.05 Å². The van der Waals surface area contributed by atoms with Crippen LogP contribution in [0, 0.1) is 0 Å². The van der Waals surface area contributed by atoms with Gasteiger partial charge in [0.05, 0.1) is 0 Å². The highest BCUT2D eigenvalue weighted by Crippen LogP contribution is 2.14. The molecule has 0 fully saturated rings. The number of alkyl halides is 1. The van der Waals surface area contributed by atoms with Gasteiger partial charge in [-0.15, -0.1) is 0 Å². The summed E-state index contributed by atoms with van der Waals surface area (Å²) in [6.45, 7) is 0. The third-order valence-electron chi connectivity index (χ3n) is 2.30. The first-order valence-electron chi connectivity index (χ1n) is 4.36. The Morgan fingerprint density at radius 2 is 2.14 bits per heavy atom. The quantitative estimate of drug-likeness (QED) is 0.714. The molecule has 0 saturated carbocycles. The highest BCUT2D eigenvalue weighted by molar-refractivity contribution is 9.08. The van der Waals surface area contributed by atoms with E-state index in [0.717, 1.165) is 16.1 Å². The number of aromatic nitrogens is 1. The van der Waals surface area contributed by atoms with Crippen LogP contribution in [-0.2, 0) is 12.4 Å². The third kappa shape index (κ3) is 1.48. The van der Waals surface area contributed by atoms with Gasteiger partial charge in [-0.2, -0.15) is 0 Å². The fraction of sp³-hybridized carbons (Fsp3) is 0.182. The van der Waals surface area contributed by atoms with Crippen molar-refractivity contribution >= 4 is 26.7 Å². The Morgan fingerprint density at radius 1 is 1.36 bits per heavy atom. The second-order valence-electron chi connectivity index (χ2n) is 3.29. The molecule has 0 bridgehead atoms. The van der Waals surface area contributed by atoms with Gasteiger partial charge in [-0.1, -0.05) is 28.1 Å². The summed E-state index contributed by atoms with van der Waals surface area (Å²) in [6, 6.07) is 7.85. The molecule has 3 heteroatoms. The minimum Gasteiger partial charge on any atom is -0.318 e. The zero-order chi connectivity index (χ0) is 10.1. The Kier molecular flexibility index (Phi) is 2.42. The molecule has 2 nitrogen and oxygen atoms in total. The summed E-state index contributed by atoms with van der Waals surface area (Å²) in [4.78, 5) is 11.7. The van der Waals surface area contributed by atoms with E-state index >= 15 is 0 Å². The average Bonchev–Trinajstić information content (AvgIpc) is 2.23. The standard InChI is InChI=1S/C11H10BrNO/c1-13-5-4-9-6-8(7-12)2-3-10(9)11(13)14/h2-6H,7H2,1H3. The van der Waals surface area contributed by atoms with Gasteiger partial charge in [-0.25, -0.2) is 0 Å². The minimum absolute atomic E-state index is 0.0589. The van der Waals surface area contributed by atoms with Gasteiger partial charge in [0, 0.05) is 24.0 Å². The number of benzene rings is 1. The Hall–Kier alpha value is -1.09. The second-order valence-corrected chi connectivity index (χ2v) is 3.85. The van der Waals surface area contributed by atoms with Crippen molar-refractivity contribution in [1.82, 2.24) is 4.57 Å². The van der Waals surface area contributed by atoms with Gasteiger partial charge in [0.2, 0.25) is 0 Å². The fourth-order valence-electron chi connectivity index (χ4n) is 1.48. The lowest BCUT2D eigenvalue weighted by molar-refractivity contribution is 0.873. The smallest absolute Gasteiger partial charge is 0.258 e. The molecule has 0 aliphatic rings. The van der Waals surface area contributed by atoms with Crippen LogP contribution in [0.25, 0.3) is 10.8 Å². The lowest BCUT2D eigenvalue weighted by atomic mass is 10.1. The molecule has 0 atom stereocenters. The maximum absolute atomic E-state index is 11.7. The molecule has 0 saturated heterocycles. The fourth-order valence-corrected chi connectivity index (χ4v) is 1.83. The van der Waals surface area contributed by atoms with Crippen LogP contribution < -0.4 is 5.56 Å². The van der Waals surface area contributed by atoms with Crippen LogP contribution in [0.3, 0.4) is 0 Å². The van der Waals surface area contributed by atoms with E-state index in [1.54, 1.807) is 17.8 Å². The number of hydrogen-bond donors (Lipinski definition) is 0. The molecular weight excluding hydrogens is 242 g/mol. The van der Waals surface area contributed by atoms with E-state index in [0.29, 0.717) is 0 Å². The molecular formula is C11H10BrNO. The first kappa shape index (κ1) is 9.46. The third-order valence-corrected chi connectivity index (χ3v) is 2.95. The topological polar surface area (TPSA) is 22.0 Å². The number of hydrogen-bond acceptors (Lipinski definition) is 1. The van der Waals surface area contributed by atoms with E-state index in [-0.39, 0.29) is 5.56 Å². The van der Waals surface area contributed by atoms with Crippen molar-refractivity contribution in [3.63, 3.8) is 0 Å². The van der Waals surface area contributed by atoms with Crippen LogP contribution >= 0.6 is 15.9 Å². The van der Waals surface area contributed by atoms with Crippen molar-refractivity contribution in [2.45, 2.75) is 5.33 Å². The number of rotatable bonds is 1. The molecule has 1 aromatic heterocycles. The predicted molar refractivity (Wildman–Crippen MR) is 61.8 cm³/mol. The first-order chi connectivity index (χ1) is 6.72. The van der Waals surface area contributed by atoms with Crippen LogP contribution in [0.5, 0.6) is 0 Å². The summed E-state index contributed by atoms with van der Waals surface area (Å²) in [5.74, 6) is 0. The van der Waals surface area contributed by atoms with Crippen LogP contribution in [-0.4, -0.2) is 4.57 Å². The lowest BCUT2D eigenvalue weighted by Crippen LogP contribution is -2.15. The van der Waals surface area contributed by atoms with Crippen molar-refractivity contribution in [2.75, 3.05) is 0 Å². The van der Waals surface area contributed by atoms with Crippen LogP contribution in [0.4, 0.5) is 0 Å². The summed E-state index contributed by atoms with van der Waals surface area (Å²) in [7, 11) is 1.76. The zero-order valence-electron chi connectivity index (χ0n) is 7.83. The van der Waals surface area contributed by atoms with E-state index in [1.165, 1.54) is 5.56 Å². The molecule has 0 spiro atoms. The van der Waals surface area contributed by atoms with Gasteiger partial charge in [-0.05, 0) is 23.1 Å². The summed E-state index contributed by atoms with van der Waals surface area (Å²) >= 11 is 3.39. The lowest BCUT2D eigenvalue weighted by Gasteiger charge is -2.02. The molecule has 2 rings (SSSR count). The van der Waals surface area contributed by atoms with Gasteiger partial charge in [0.25, 0.3) is 5.56 Å². The van der Waals surface area contributed by atoms with E-state index in [4.69, 9.17) is 0 Å². The Labute approximate surface area is 90.3 Å². The highest BCUT2D eigenvalue weighted by Gasteiger charge is 2.00. The first-order valence-corrected chi connectivity index (χ1v) is 5.49. The van der Waals surface area contributed by atoms with E-state index in [2.05, 4.69) is 15.9 Å². The number of fused-ring (bicyclic) bond motifs is 1. The van der Waals surface area contributed by atoms with Crippen molar-refractivity contribution in [3.05, 3.63) is 46.4 Å². The molecule has 2 aromatic rings. The molecule has 72 valence electrons. The van der Waals surface area contributed by atoms with Crippen LogP contribution in [0.1, 0.15) is 5.56 Å². The number of nitrogens with zero attached hydrogens (tertiary/aromatic N) is 1. The number of pyridine rings is 1. The minimum atomic E-state index is 0.0589. The average molecular weight is 252 g/mol. The summed E-state index contributed by atoms with van der Waals surface area (Å²) in [5.41, 5.74) is 1.24. The van der Waals surface area contributed by atoms with Crippen molar-refractivity contribution in [1.29, 1.82) is 0 Å². The molecule has 0 unspecified atom stereocenters. The van der Waals surface area contributed by atoms with Gasteiger partial charge in [0.1, 0.15) is 0 Å². The molecule has 0 aliphatic carbocycles. The summed E-state index contributed by atoms with van der Waals surface area (Å²) in [6.07, 6.45) is 1.79. The Balaban J connectivity index is 2.81. The Bertz CT molecular complexity index is 530. The molecule has 0 N–H and O–H groups in total. The molecule has 0 radical (unpaired) electrons. The van der Waals surface area contributed by atoms with E-state index in [1.807, 2.05) is 24.3 Å². The highest BCUT2D eigenvalue weighted by atomic mass is 79.9. The molecule has 1 aromatic carbocycles. The summed E-state index contributed by atoms with van der Waals surface area (Å²) in [5, 5.41) is 2.60. The van der Waals surface area contributed by atoms with E-state index in [9.17, 15) is 4.79 Å². The monoisotopic (exact) mass is 251 g/mol. The van der Waals surface area contributed by atoms with Crippen LogP contribution in [0.2, 0.25) is 0 Å². The van der Waals surface area contributed by atoms with Crippen molar-refractivity contribution < 1.29 is 0 Å². The van der Waals surface area contributed by atoms with Gasteiger partial charge in [0.15, 0.2) is 0 Å². The van der Waals surface area contributed by atoms with E-state index < -0.39 is 0 Å². The van der Waals surface area contributed by atoms with Crippen LogP contribution in [0.15, 0.2) is 35.3 Å². The molecule has 0 amide bonds. The van der Waals surface area contributed by atoms with Gasteiger partial charge < -0.3 is 4.57 Å². The second kappa shape index (κ2) is 3.58. The van der Waals surface area contributed by atoms with Gasteiger partial charge in [-0.3, -0.25) is 4.79 Å². The normalized spacial score (nSPS) is 10.7. The largest absolute Gasteiger partial charge is 0.318 e. The number of aryl methyl sites for hydroxylation is 1. The molecule has 0 aliphatic heterocycles. The summed E-state index contributed by atoms with van der Waals surface area (Å²) < 4.78 is 1.59. The number of halogens is 1. The maximum Gasteiger partial charge on any atom is 0.258 e. The SMILES string of the molecule is Cn1ccc2cc(CBr)ccc2c1=O. The molecule has 1 heterocycles. The van der Waals surface area contributed by atoms with Gasteiger partial charge >= 0.3 is 0 Å². The van der Waals surface area contributed by atoms with Crippen molar-refractivity contribution in [3.8, 4) is 0 Å². The Morgan fingerprint density at radius 3 is 2.86 bits per heavy atom.